The van der Waals surface area contributed by atoms with Crippen molar-refractivity contribution < 1.29 is 14.7 Å². The Hall–Kier alpha value is -2.66. The molecule has 0 saturated carbocycles. The number of aliphatic carboxylic acids is 1. The van der Waals surface area contributed by atoms with Crippen molar-refractivity contribution in [3.63, 3.8) is 0 Å². The van der Waals surface area contributed by atoms with Crippen molar-refractivity contribution in [2.75, 3.05) is 0 Å². The van der Waals surface area contributed by atoms with E-state index in [9.17, 15) is 14.7 Å². The number of carbonyl (C=O) groups excluding carboxylic acids is 2. The number of aryl methyl sites for hydroxylation is 1. The van der Waals surface area contributed by atoms with Gasteiger partial charge in [0, 0.05) is 23.8 Å². The molecule has 0 unspecified atom stereocenters. The lowest BCUT2D eigenvalue weighted by atomic mass is 9.97. The molecular formula is C21H20ClN2O3-. The number of halogens is 1. The fourth-order valence-electron chi connectivity index (χ4n) is 3.15. The lowest BCUT2D eigenvalue weighted by Crippen LogP contribution is -2.28. The molecule has 1 amide bonds. The summed E-state index contributed by atoms with van der Waals surface area (Å²) >= 11 is 6.36. The third-order valence-corrected chi connectivity index (χ3v) is 4.93. The second kappa shape index (κ2) is 8.35. The largest absolute Gasteiger partial charge is 0.550 e. The highest BCUT2D eigenvalue weighted by atomic mass is 35.5. The zero-order valence-electron chi connectivity index (χ0n) is 15.0. The minimum absolute atomic E-state index is 0.0968. The molecule has 1 heterocycles. The summed E-state index contributed by atoms with van der Waals surface area (Å²) in [7, 11) is 0. The third-order valence-electron chi connectivity index (χ3n) is 4.59. The van der Waals surface area contributed by atoms with Crippen LogP contribution in [0.1, 0.15) is 48.4 Å². The number of hydrogen-bond donors (Lipinski definition) is 0. The summed E-state index contributed by atoms with van der Waals surface area (Å²) in [4.78, 5) is 23.3. The zero-order valence-corrected chi connectivity index (χ0v) is 15.8. The molecule has 0 N–H and O–H groups in total. The van der Waals surface area contributed by atoms with Crippen molar-refractivity contribution in [2.45, 2.75) is 38.6 Å². The minimum atomic E-state index is -1.16. The van der Waals surface area contributed by atoms with Crippen LogP contribution in [0, 0.1) is 6.92 Å². The van der Waals surface area contributed by atoms with E-state index in [1.807, 2.05) is 49.4 Å². The van der Waals surface area contributed by atoms with Crippen molar-refractivity contribution in [1.29, 1.82) is 0 Å². The van der Waals surface area contributed by atoms with Crippen LogP contribution in [0.3, 0.4) is 0 Å². The fourth-order valence-corrected chi connectivity index (χ4v) is 3.41. The molecule has 5 nitrogen and oxygen atoms in total. The molecule has 2 aromatic carbocycles. The molecule has 1 aliphatic heterocycles. The molecule has 3 rings (SSSR count). The Kier molecular flexibility index (Phi) is 5.91. The van der Waals surface area contributed by atoms with E-state index in [2.05, 4.69) is 5.10 Å². The molecule has 6 heteroatoms. The number of carboxylic acids is 1. The van der Waals surface area contributed by atoms with Crippen molar-refractivity contribution in [2.24, 2.45) is 5.10 Å². The predicted octanol–water partition coefficient (Wildman–Crippen LogP) is 3.25. The van der Waals surface area contributed by atoms with Crippen LogP contribution in [-0.4, -0.2) is 22.6 Å². The Labute approximate surface area is 163 Å². The minimum Gasteiger partial charge on any atom is -0.550 e. The molecule has 0 saturated heterocycles. The normalized spacial score (nSPS) is 16.3. The summed E-state index contributed by atoms with van der Waals surface area (Å²) < 4.78 is 0. The van der Waals surface area contributed by atoms with Crippen LogP contribution < -0.4 is 5.11 Å². The van der Waals surface area contributed by atoms with Crippen LogP contribution in [0.5, 0.6) is 0 Å². The molecule has 2 aromatic rings. The smallest absolute Gasteiger partial charge is 0.243 e. The van der Waals surface area contributed by atoms with E-state index >= 15 is 0 Å². The van der Waals surface area contributed by atoms with Gasteiger partial charge >= 0.3 is 0 Å². The second-order valence-electron chi connectivity index (χ2n) is 6.62. The van der Waals surface area contributed by atoms with Crippen molar-refractivity contribution >= 4 is 29.2 Å². The Balaban J connectivity index is 1.87. The average Bonchev–Trinajstić information content (AvgIpc) is 3.07. The monoisotopic (exact) mass is 383 g/mol. The number of hydrogen-bond acceptors (Lipinski definition) is 4. The van der Waals surface area contributed by atoms with Gasteiger partial charge in [-0.2, -0.15) is 5.10 Å². The zero-order chi connectivity index (χ0) is 19.4. The molecule has 0 radical (unpaired) electrons. The molecule has 1 atom stereocenters. The molecule has 140 valence electrons. The fraction of sp³-hybridized carbons (Fsp3) is 0.286. The highest BCUT2D eigenvalue weighted by molar-refractivity contribution is 6.31. The van der Waals surface area contributed by atoms with E-state index in [1.54, 1.807) is 6.07 Å². The van der Waals surface area contributed by atoms with Gasteiger partial charge in [-0.25, -0.2) is 5.01 Å². The highest BCUT2D eigenvalue weighted by Gasteiger charge is 2.33. The molecule has 27 heavy (non-hydrogen) atoms. The summed E-state index contributed by atoms with van der Waals surface area (Å²) in [6.45, 7) is 2.01. The van der Waals surface area contributed by atoms with E-state index in [0.717, 1.165) is 22.4 Å². The van der Waals surface area contributed by atoms with Gasteiger partial charge in [0.25, 0.3) is 0 Å². The van der Waals surface area contributed by atoms with Gasteiger partial charge < -0.3 is 9.90 Å². The first-order chi connectivity index (χ1) is 13.0. The first-order valence-electron chi connectivity index (χ1n) is 8.86. The number of carbonyl (C=O) groups is 2. The average molecular weight is 384 g/mol. The van der Waals surface area contributed by atoms with Crippen LogP contribution in [-0.2, 0) is 9.59 Å². The molecule has 0 bridgehead atoms. The van der Waals surface area contributed by atoms with E-state index in [0.29, 0.717) is 11.4 Å². The Morgan fingerprint density at radius 1 is 1.15 bits per heavy atom. The Bertz CT molecular complexity index is 877. The Morgan fingerprint density at radius 3 is 2.52 bits per heavy atom. The van der Waals surface area contributed by atoms with Crippen molar-refractivity contribution in [1.82, 2.24) is 5.01 Å². The van der Waals surface area contributed by atoms with Gasteiger partial charge in [0.2, 0.25) is 5.91 Å². The molecule has 0 aromatic heterocycles. The van der Waals surface area contributed by atoms with Crippen LogP contribution in [0.2, 0.25) is 5.02 Å². The maximum absolute atomic E-state index is 12.7. The highest BCUT2D eigenvalue weighted by Crippen LogP contribution is 2.36. The maximum atomic E-state index is 12.7. The molecule has 0 aliphatic carbocycles. The molecule has 1 aliphatic rings. The van der Waals surface area contributed by atoms with Gasteiger partial charge in [-0.15, -0.1) is 0 Å². The van der Waals surface area contributed by atoms with Crippen LogP contribution in [0.15, 0.2) is 53.6 Å². The SMILES string of the molecule is Cc1ccc(C2=NN(C(=O)CCCC(=O)[O-])[C@@H](c3ccccc3Cl)C2)cc1. The number of rotatable bonds is 6. The van der Waals surface area contributed by atoms with E-state index in [1.165, 1.54) is 5.01 Å². The van der Waals surface area contributed by atoms with Gasteiger partial charge in [-0.1, -0.05) is 59.6 Å². The molecule has 0 fully saturated rings. The van der Waals surface area contributed by atoms with E-state index < -0.39 is 5.97 Å². The summed E-state index contributed by atoms with van der Waals surface area (Å²) in [6, 6.07) is 15.1. The number of benzene rings is 2. The number of hydrazone groups is 1. The summed E-state index contributed by atoms with van der Waals surface area (Å²) in [5.41, 5.74) is 3.75. The number of carboxylic acid groups (broad SMARTS) is 1. The topological polar surface area (TPSA) is 72.8 Å². The number of nitrogens with zero attached hydrogens (tertiary/aromatic N) is 2. The summed E-state index contributed by atoms with van der Waals surface area (Å²) in [6.07, 6.45) is 0.728. The van der Waals surface area contributed by atoms with Crippen LogP contribution in [0.4, 0.5) is 0 Å². The van der Waals surface area contributed by atoms with Crippen LogP contribution >= 0.6 is 11.6 Å². The molecular weight excluding hydrogens is 364 g/mol. The first-order valence-corrected chi connectivity index (χ1v) is 9.24. The first kappa shape index (κ1) is 19.1. The summed E-state index contributed by atoms with van der Waals surface area (Å²) in [5, 5.41) is 17.2. The third kappa shape index (κ3) is 4.55. The standard InChI is InChI=1S/C21H21ClN2O3/c1-14-9-11-15(12-10-14)18-13-19(16-5-2-3-6-17(16)22)24(23-18)20(25)7-4-8-21(26)27/h2-3,5-6,9-12,19H,4,7-8,13H2,1H3,(H,26,27)/p-1/t19-/m1/s1. The molecule has 0 spiro atoms. The lowest BCUT2D eigenvalue weighted by Gasteiger charge is -2.23. The van der Waals surface area contributed by atoms with Crippen LogP contribution in [0.25, 0.3) is 0 Å². The van der Waals surface area contributed by atoms with Gasteiger partial charge in [0.05, 0.1) is 11.8 Å². The van der Waals surface area contributed by atoms with Gasteiger partial charge in [-0.3, -0.25) is 4.79 Å². The van der Waals surface area contributed by atoms with E-state index in [4.69, 9.17) is 11.6 Å². The maximum Gasteiger partial charge on any atom is 0.243 e. The lowest BCUT2D eigenvalue weighted by molar-refractivity contribution is -0.305. The number of amides is 1. The Morgan fingerprint density at radius 2 is 1.85 bits per heavy atom. The quantitative estimate of drug-likeness (QED) is 0.768. The van der Waals surface area contributed by atoms with Gasteiger partial charge in [0.15, 0.2) is 0 Å². The second-order valence-corrected chi connectivity index (χ2v) is 7.03. The van der Waals surface area contributed by atoms with Gasteiger partial charge in [0.1, 0.15) is 0 Å². The van der Waals surface area contributed by atoms with Crippen molar-refractivity contribution in [3.8, 4) is 0 Å². The summed E-state index contributed by atoms with van der Waals surface area (Å²) in [5.74, 6) is -1.38. The van der Waals surface area contributed by atoms with E-state index in [-0.39, 0.29) is 31.2 Å². The van der Waals surface area contributed by atoms with Gasteiger partial charge in [-0.05, 0) is 37.0 Å². The predicted molar refractivity (Wildman–Crippen MR) is 102 cm³/mol. The van der Waals surface area contributed by atoms with Crippen molar-refractivity contribution in [3.05, 3.63) is 70.2 Å².